The number of hydrogen-bond donors (Lipinski definition) is 1. The molecule has 0 aliphatic rings. The lowest BCUT2D eigenvalue weighted by molar-refractivity contribution is -0.132. The molecule has 0 spiro atoms. The van der Waals surface area contributed by atoms with Crippen LogP contribution < -0.4 is 0 Å². The fourth-order valence-electron chi connectivity index (χ4n) is 0.667. The van der Waals surface area contributed by atoms with Gasteiger partial charge in [0.1, 0.15) is 5.76 Å². The van der Waals surface area contributed by atoms with Gasteiger partial charge in [0.05, 0.1) is 10.7 Å². The van der Waals surface area contributed by atoms with Crippen molar-refractivity contribution in [2.75, 3.05) is 0 Å². The Balaban J connectivity index is 2.95. The van der Waals surface area contributed by atoms with Gasteiger partial charge in [0.25, 0.3) is 0 Å². The van der Waals surface area contributed by atoms with E-state index in [0.717, 1.165) is 4.47 Å². The molecule has 64 valence electrons. The number of carboxylic acids is 1. The van der Waals surface area contributed by atoms with Crippen molar-refractivity contribution in [2.45, 2.75) is 6.92 Å². The maximum absolute atomic E-state index is 10.4. The van der Waals surface area contributed by atoms with Crippen LogP contribution in [-0.4, -0.2) is 11.1 Å². The van der Waals surface area contributed by atoms with Gasteiger partial charge in [-0.25, -0.2) is 4.79 Å². The first kappa shape index (κ1) is 9.06. The van der Waals surface area contributed by atoms with Crippen molar-refractivity contribution in [3.05, 3.63) is 28.1 Å². The molecule has 0 aliphatic heterocycles. The highest BCUT2D eigenvalue weighted by Crippen LogP contribution is 2.20. The normalized spacial score (nSPS) is 11.7. The van der Waals surface area contributed by atoms with Gasteiger partial charge in [0.15, 0.2) is 0 Å². The van der Waals surface area contributed by atoms with Gasteiger partial charge in [0.2, 0.25) is 0 Å². The second-order valence-corrected chi connectivity index (χ2v) is 3.12. The van der Waals surface area contributed by atoms with Crippen LogP contribution in [0.15, 0.2) is 26.8 Å². The van der Waals surface area contributed by atoms with E-state index in [1.54, 1.807) is 6.07 Å². The van der Waals surface area contributed by atoms with E-state index in [0.29, 0.717) is 5.76 Å². The van der Waals surface area contributed by atoms with E-state index in [4.69, 9.17) is 9.52 Å². The van der Waals surface area contributed by atoms with Crippen LogP contribution in [0.2, 0.25) is 0 Å². The standard InChI is InChI=1S/C8H7BrO3/c1-5(8(10)11)4-7-6(9)2-3-12-7/h2-4H,1H3,(H,10,11)/b5-4-. The first-order valence-corrected chi connectivity index (χ1v) is 4.05. The molecule has 0 fully saturated rings. The van der Waals surface area contributed by atoms with E-state index in [9.17, 15) is 4.79 Å². The molecular formula is C8H7BrO3. The Hall–Kier alpha value is -1.03. The van der Waals surface area contributed by atoms with Crippen LogP contribution in [-0.2, 0) is 4.79 Å². The SMILES string of the molecule is C/C(=C/c1occc1Br)C(=O)O. The summed E-state index contributed by atoms with van der Waals surface area (Å²) in [6.07, 6.45) is 2.96. The number of carbonyl (C=O) groups is 1. The zero-order valence-corrected chi connectivity index (χ0v) is 7.96. The average Bonchev–Trinajstić information content (AvgIpc) is 2.36. The van der Waals surface area contributed by atoms with Gasteiger partial charge in [-0.05, 0) is 35.0 Å². The van der Waals surface area contributed by atoms with Gasteiger partial charge in [0, 0.05) is 5.57 Å². The Morgan fingerprint density at radius 2 is 2.42 bits per heavy atom. The molecular weight excluding hydrogens is 224 g/mol. The highest BCUT2D eigenvalue weighted by molar-refractivity contribution is 9.10. The predicted molar refractivity (Wildman–Crippen MR) is 47.7 cm³/mol. The van der Waals surface area contributed by atoms with Gasteiger partial charge in [-0.3, -0.25) is 0 Å². The second kappa shape index (κ2) is 3.58. The van der Waals surface area contributed by atoms with Crippen molar-refractivity contribution in [1.29, 1.82) is 0 Å². The lowest BCUT2D eigenvalue weighted by Gasteiger charge is -1.91. The first-order valence-electron chi connectivity index (χ1n) is 3.26. The minimum atomic E-state index is -0.946. The summed E-state index contributed by atoms with van der Waals surface area (Å²) in [5.41, 5.74) is 0.241. The third-order valence-electron chi connectivity index (χ3n) is 1.33. The Bertz CT molecular complexity index is 325. The Labute approximate surface area is 77.8 Å². The summed E-state index contributed by atoms with van der Waals surface area (Å²) in [7, 11) is 0. The van der Waals surface area contributed by atoms with Crippen LogP contribution >= 0.6 is 15.9 Å². The molecule has 0 saturated carbocycles. The van der Waals surface area contributed by atoms with Crippen LogP contribution in [0.5, 0.6) is 0 Å². The molecule has 0 unspecified atom stereocenters. The molecule has 12 heavy (non-hydrogen) atoms. The molecule has 4 heteroatoms. The van der Waals surface area contributed by atoms with Crippen molar-refractivity contribution in [3.8, 4) is 0 Å². The summed E-state index contributed by atoms with van der Waals surface area (Å²) in [4.78, 5) is 10.4. The maximum atomic E-state index is 10.4. The summed E-state index contributed by atoms with van der Waals surface area (Å²) in [5.74, 6) is -0.423. The topological polar surface area (TPSA) is 50.4 Å². The molecule has 0 aromatic carbocycles. The third-order valence-corrected chi connectivity index (χ3v) is 1.98. The van der Waals surface area contributed by atoms with Gasteiger partial charge in [-0.1, -0.05) is 0 Å². The van der Waals surface area contributed by atoms with E-state index in [1.165, 1.54) is 19.3 Å². The third kappa shape index (κ3) is 1.98. The molecule has 0 saturated heterocycles. The van der Waals surface area contributed by atoms with Gasteiger partial charge in [-0.15, -0.1) is 0 Å². The fourth-order valence-corrected chi connectivity index (χ4v) is 0.983. The van der Waals surface area contributed by atoms with E-state index < -0.39 is 5.97 Å². The maximum Gasteiger partial charge on any atom is 0.331 e. The summed E-state index contributed by atoms with van der Waals surface area (Å²) in [6.45, 7) is 1.51. The van der Waals surface area contributed by atoms with Gasteiger partial charge in [-0.2, -0.15) is 0 Å². The number of carboxylic acid groups (broad SMARTS) is 1. The molecule has 1 heterocycles. The van der Waals surface area contributed by atoms with Crippen molar-refractivity contribution in [3.63, 3.8) is 0 Å². The highest BCUT2D eigenvalue weighted by atomic mass is 79.9. The summed E-state index contributed by atoms with van der Waals surface area (Å²) < 4.78 is 5.75. The smallest absolute Gasteiger partial charge is 0.331 e. The van der Waals surface area contributed by atoms with E-state index in [2.05, 4.69) is 15.9 Å². The van der Waals surface area contributed by atoms with Crippen molar-refractivity contribution in [1.82, 2.24) is 0 Å². The number of aliphatic carboxylic acids is 1. The highest BCUT2D eigenvalue weighted by Gasteiger charge is 2.04. The second-order valence-electron chi connectivity index (χ2n) is 2.27. The zero-order valence-electron chi connectivity index (χ0n) is 6.37. The van der Waals surface area contributed by atoms with Gasteiger partial charge >= 0.3 is 5.97 Å². The molecule has 3 nitrogen and oxygen atoms in total. The molecule has 1 rings (SSSR count). The zero-order chi connectivity index (χ0) is 9.14. The lowest BCUT2D eigenvalue weighted by atomic mass is 10.2. The number of furan rings is 1. The fraction of sp³-hybridized carbons (Fsp3) is 0.125. The molecule has 1 aromatic heterocycles. The average molecular weight is 231 g/mol. The minimum absolute atomic E-state index is 0.241. The van der Waals surface area contributed by atoms with Crippen LogP contribution in [0.25, 0.3) is 6.08 Å². The van der Waals surface area contributed by atoms with Crippen LogP contribution in [0, 0.1) is 0 Å². The lowest BCUT2D eigenvalue weighted by Crippen LogP contribution is -1.94. The number of halogens is 1. The largest absolute Gasteiger partial charge is 0.478 e. The molecule has 1 N–H and O–H groups in total. The first-order chi connectivity index (χ1) is 5.61. The van der Waals surface area contributed by atoms with E-state index >= 15 is 0 Å². The van der Waals surface area contributed by atoms with E-state index in [1.807, 2.05) is 0 Å². The number of hydrogen-bond acceptors (Lipinski definition) is 2. The molecule has 0 aliphatic carbocycles. The molecule has 1 aromatic rings. The summed E-state index contributed by atoms with van der Waals surface area (Å²) in [6, 6.07) is 1.71. The number of rotatable bonds is 2. The Morgan fingerprint density at radius 3 is 2.83 bits per heavy atom. The van der Waals surface area contributed by atoms with Crippen LogP contribution in [0.3, 0.4) is 0 Å². The van der Waals surface area contributed by atoms with Gasteiger partial charge < -0.3 is 9.52 Å². The summed E-state index contributed by atoms with van der Waals surface area (Å²) in [5, 5.41) is 8.55. The Kier molecular flexibility index (Phi) is 2.70. The molecule has 0 bridgehead atoms. The van der Waals surface area contributed by atoms with Crippen LogP contribution in [0.1, 0.15) is 12.7 Å². The molecule has 0 atom stereocenters. The Morgan fingerprint density at radius 1 is 1.75 bits per heavy atom. The van der Waals surface area contributed by atoms with Crippen LogP contribution in [0.4, 0.5) is 0 Å². The molecule has 0 radical (unpaired) electrons. The predicted octanol–water partition coefficient (Wildman–Crippen LogP) is 2.53. The van der Waals surface area contributed by atoms with Crippen molar-refractivity contribution in [2.24, 2.45) is 0 Å². The van der Waals surface area contributed by atoms with Crippen molar-refractivity contribution < 1.29 is 14.3 Å². The minimum Gasteiger partial charge on any atom is -0.478 e. The quantitative estimate of drug-likeness (QED) is 0.795. The van der Waals surface area contributed by atoms with Crippen molar-refractivity contribution >= 4 is 28.0 Å². The molecule has 0 amide bonds. The summed E-state index contributed by atoms with van der Waals surface area (Å²) >= 11 is 3.21. The monoisotopic (exact) mass is 230 g/mol. The van der Waals surface area contributed by atoms with E-state index in [-0.39, 0.29) is 5.57 Å².